The van der Waals surface area contributed by atoms with Crippen LogP contribution in [0.4, 0.5) is 0 Å². The zero-order valence-electron chi connectivity index (χ0n) is 17.7. The first-order chi connectivity index (χ1) is 14.3. The minimum absolute atomic E-state index is 0.110. The van der Waals surface area contributed by atoms with Gasteiger partial charge in [0, 0.05) is 37.6 Å². The molecule has 2 amide bonds. The van der Waals surface area contributed by atoms with Crippen molar-refractivity contribution in [3.63, 3.8) is 0 Å². The van der Waals surface area contributed by atoms with Gasteiger partial charge in [-0.1, -0.05) is 25.7 Å². The number of hydrogen-bond acceptors (Lipinski definition) is 4. The van der Waals surface area contributed by atoms with E-state index in [2.05, 4.69) is 22.5 Å². The van der Waals surface area contributed by atoms with Crippen molar-refractivity contribution in [1.82, 2.24) is 19.8 Å². The molecule has 0 saturated heterocycles. The van der Waals surface area contributed by atoms with Gasteiger partial charge < -0.3 is 19.8 Å². The second kappa shape index (κ2) is 10.3. The number of nitrogens with zero attached hydrogens (tertiary/aromatic N) is 2. The van der Waals surface area contributed by atoms with E-state index in [1.165, 1.54) is 21.5 Å². The molecule has 2 heterocycles. The Kier molecular flexibility index (Phi) is 7.76. The van der Waals surface area contributed by atoms with E-state index in [9.17, 15) is 19.2 Å². The van der Waals surface area contributed by atoms with E-state index in [1.54, 1.807) is 26.2 Å². The molecular weight excluding hydrogens is 384 g/mol. The predicted octanol–water partition coefficient (Wildman–Crippen LogP) is 0.372. The Morgan fingerprint density at radius 3 is 1.50 bits per heavy atom. The minimum Gasteiger partial charge on any atom is -0.341 e. The molecule has 0 radical (unpaired) electrons. The number of rotatable bonds is 6. The van der Waals surface area contributed by atoms with Crippen molar-refractivity contribution in [1.29, 1.82) is 0 Å². The average molecular weight is 410 g/mol. The van der Waals surface area contributed by atoms with Gasteiger partial charge in [0.25, 0.3) is 22.9 Å². The molecule has 0 aliphatic rings. The van der Waals surface area contributed by atoms with Crippen molar-refractivity contribution in [2.75, 3.05) is 13.1 Å². The molecule has 0 aliphatic carbocycles. The molecule has 2 rings (SSSR count). The van der Waals surface area contributed by atoms with Crippen molar-refractivity contribution in [2.45, 2.75) is 26.7 Å². The highest BCUT2D eigenvalue weighted by atomic mass is 16.2. The van der Waals surface area contributed by atoms with Gasteiger partial charge in [-0.3, -0.25) is 19.2 Å². The Labute approximate surface area is 174 Å². The third-order valence-electron chi connectivity index (χ3n) is 4.60. The molecule has 0 aliphatic heterocycles. The highest BCUT2D eigenvalue weighted by molar-refractivity contribution is 5.94. The van der Waals surface area contributed by atoms with E-state index in [0.29, 0.717) is 35.1 Å². The monoisotopic (exact) mass is 410 g/mol. The lowest BCUT2D eigenvalue weighted by atomic mass is 10.1. The first kappa shape index (κ1) is 22.7. The second-order valence-corrected chi connectivity index (χ2v) is 6.77. The van der Waals surface area contributed by atoms with Crippen LogP contribution in [0.1, 0.15) is 45.7 Å². The Morgan fingerprint density at radius 1 is 0.800 bits per heavy atom. The maximum absolute atomic E-state index is 12.2. The van der Waals surface area contributed by atoms with Gasteiger partial charge in [-0.25, -0.2) is 0 Å². The number of carbonyl (C=O) groups excluding carboxylic acids is 2. The van der Waals surface area contributed by atoms with Gasteiger partial charge in [-0.15, -0.1) is 0 Å². The average Bonchev–Trinajstić information content (AvgIpc) is 2.73. The van der Waals surface area contributed by atoms with E-state index in [-0.39, 0.29) is 36.0 Å². The largest absolute Gasteiger partial charge is 0.341 e. The van der Waals surface area contributed by atoms with Gasteiger partial charge in [0.2, 0.25) is 0 Å². The molecule has 30 heavy (non-hydrogen) atoms. The van der Waals surface area contributed by atoms with Gasteiger partial charge in [0.1, 0.15) is 0 Å². The lowest BCUT2D eigenvalue weighted by Gasteiger charge is -2.07. The van der Waals surface area contributed by atoms with Crippen molar-refractivity contribution in [3.8, 4) is 11.8 Å². The molecule has 8 heteroatoms. The summed E-state index contributed by atoms with van der Waals surface area (Å²) in [6.45, 7) is 3.93. The fourth-order valence-corrected chi connectivity index (χ4v) is 2.89. The fraction of sp³-hybridized carbons (Fsp3) is 0.364. The van der Waals surface area contributed by atoms with Crippen LogP contribution in [0.15, 0.2) is 34.1 Å². The molecule has 8 nitrogen and oxygen atoms in total. The summed E-state index contributed by atoms with van der Waals surface area (Å²) in [7, 11) is 3.21. The number of amides is 2. The lowest BCUT2D eigenvalue weighted by molar-refractivity contribution is 0.0949. The molecule has 2 N–H and O–H groups in total. The Balaban J connectivity index is 1.89. The van der Waals surface area contributed by atoms with Crippen LogP contribution in [-0.4, -0.2) is 34.0 Å². The predicted molar refractivity (Wildman–Crippen MR) is 115 cm³/mol. The molecule has 0 unspecified atom stereocenters. The molecule has 0 bridgehead atoms. The smallest absolute Gasteiger partial charge is 0.253 e. The fourth-order valence-electron chi connectivity index (χ4n) is 2.89. The van der Waals surface area contributed by atoms with Crippen LogP contribution in [0.3, 0.4) is 0 Å². The number of aromatic nitrogens is 2. The van der Waals surface area contributed by atoms with Gasteiger partial charge in [-0.05, 0) is 25.0 Å². The van der Waals surface area contributed by atoms with Crippen LogP contribution in [0, 0.1) is 11.8 Å². The van der Waals surface area contributed by atoms with Crippen LogP contribution >= 0.6 is 0 Å². The van der Waals surface area contributed by atoms with Crippen LogP contribution in [-0.2, 0) is 26.9 Å². The SMILES string of the molecule is CCc1cc(C(=O)NCC#CCNC(=O)c2cc(CC)c(=O)n(C)c2)cn(C)c1=O. The van der Waals surface area contributed by atoms with E-state index >= 15 is 0 Å². The van der Waals surface area contributed by atoms with Gasteiger partial charge in [0.15, 0.2) is 0 Å². The normalized spacial score (nSPS) is 10.1. The Morgan fingerprint density at radius 2 is 1.17 bits per heavy atom. The maximum Gasteiger partial charge on any atom is 0.253 e. The first-order valence-corrected chi connectivity index (χ1v) is 9.69. The molecule has 0 fully saturated rings. The minimum atomic E-state index is -0.323. The van der Waals surface area contributed by atoms with E-state index in [1.807, 2.05) is 13.8 Å². The summed E-state index contributed by atoms with van der Waals surface area (Å²) < 4.78 is 2.77. The van der Waals surface area contributed by atoms with Crippen molar-refractivity contribution < 1.29 is 9.59 Å². The van der Waals surface area contributed by atoms with Crippen LogP contribution in [0.2, 0.25) is 0 Å². The van der Waals surface area contributed by atoms with Gasteiger partial charge in [0.05, 0.1) is 24.2 Å². The first-order valence-electron chi connectivity index (χ1n) is 9.69. The van der Waals surface area contributed by atoms with Gasteiger partial charge in [-0.2, -0.15) is 0 Å². The number of nitrogens with one attached hydrogen (secondary N) is 2. The molecule has 0 spiro atoms. The van der Waals surface area contributed by atoms with E-state index in [0.717, 1.165) is 0 Å². The van der Waals surface area contributed by atoms with E-state index < -0.39 is 0 Å². The zero-order chi connectivity index (χ0) is 22.3. The molecule has 0 aromatic carbocycles. The summed E-state index contributed by atoms with van der Waals surface area (Å²) in [6.07, 6.45) is 4.07. The summed E-state index contributed by atoms with van der Waals surface area (Å²) in [5.74, 6) is 4.89. The summed E-state index contributed by atoms with van der Waals surface area (Å²) >= 11 is 0. The topological polar surface area (TPSA) is 102 Å². The van der Waals surface area contributed by atoms with E-state index in [4.69, 9.17) is 0 Å². The second-order valence-electron chi connectivity index (χ2n) is 6.77. The number of aryl methyl sites for hydroxylation is 4. The van der Waals surface area contributed by atoms with Crippen molar-refractivity contribution >= 4 is 11.8 Å². The van der Waals surface area contributed by atoms with Crippen LogP contribution < -0.4 is 21.8 Å². The van der Waals surface area contributed by atoms with Gasteiger partial charge >= 0.3 is 0 Å². The summed E-state index contributed by atoms with van der Waals surface area (Å²) in [5.41, 5.74) is 1.70. The highest BCUT2D eigenvalue weighted by Crippen LogP contribution is 2.02. The summed E-state index contributed by atoms with van der Waals surface area (Å²) in [4.78, 5) is 48.2. The molecule has 0 saturated carbocycles. The van der Waals surface area contributed by atoms with Crippen LogP contribution in [0.25, 0.3) is 0 Å². The third kappa shape index (κ3) is 5.47. The molecule has 2 aromatic heterocycles. The van der Waals surface area contributed by atoms with Crippen molar-refractivity contribution in [3.05, 3.63) is 67.5 Å². The number of hydrogen-bond donors (Lipinski definition) is 2. The molecule has 2 aromatic rings. The zero-order valence-corrected chi connectivity index (χ0v) is 17.7. The molecule has 158 valence electrons. The molecule has 0 atom stereocenters. The Hall–Kier alpha value is -3.60. The quantitative estimate of drug-likeness (QED) is 0.672. The maximum atomic E-state index is 12.2. The lowest BCUT2D eigenvalue weighted by Crippen LogP contribution is -2.29. The molecular formula is C22H26N4O4. The highest BCUT2D eigenvalue weighted by Gasteiger charge is 2.10. The number of carbonyl (C=O) groups is 2. The third-order valence-corrected chi connectivity index (χ3v) is 4.60. The number of pyridine rings is 2. The standard InChI is InChI=1S/C22H26N4O4/c1-5-15-11-17(13-25(3)21(15)29)19(27)23-9-7-8-10-24-20(28)18-12-16(6-2)22(30)26(4)14-18/h11-14H,5-6,9-10H2,1-4H3,(H,23,27)(H,24,28). The Bertz CT molecular complexity index is 1050. The van der Waals surface area contributed by atoms with Crippen LogP contribution in [0.5, 0.6) is 0 Å². The summed E-state index contributed by atoms with van der Waals surface area (Å²) in [6, 6.07) is 3.17. The summed E-state index contributed by atoms with van der Waals surface area (Å²) in [5, 5.41) is 5.33. The van der Waals surface area contributed by atoms with Crippen molar-refractivity contribution in [2.24, 2.45) is 14.1 Å².